The number of hydrogen-bond donors (Lipinski definition) is 2. The van der Waals surface area contributed by atoms with E-state index in [9.17, 15) is 19.8 Å². The number of carbonyl (C=O) groups is 2. The van der Waals surface area contributed by atoms with Crippen LogP contribution in [0.15, 0.2) is 22.7 Å². The van der Waals surface area contributed by atoms with Crippen LogP contribution in [0.3, 0.4) is 0 Å². The van der Waals surface area contributed by atoms with Crippen molar-refractivity contribution in [2.24, 2.45) is 10.9 Å². The van der Waals surface area contributed by atoms with E-state index < -0.39 is 17.9 Å². The largest absolute Gasteiger partial charge is 0.493 e. The third kappa shape index (κ3) is 3.52. The molecule has 2 aliphatic heterocycles. The lowest BCUT2D eigenvalue weighted by Gasteiger charge is -2.18. The number of hydrogen-bond acceptors (Lipinski definition) is 7. The maximum absolute atomic E-state index is 12.5. The Hall–Kier alpha value is -2.98. The number of carboxylic acid groups (broad SMARTS) is 1. The fourth-order valence-corrected chi connectivity index (χ4v) is 4.71. The van der Waals surface area contributed by atoms with Gasteiger partial charge in [-0.25, -0.2) is 9.79 Å². The third-order valence-electron chi connectivity index (χ3n) is 4.76. The summed E-state index contributed by atoms with van der Waals surface area (Å²) in [4.78, 5) is 28.6. The predicted octanol–water partition coefficient (Wildman–Crippen LogP) is 2.06. The highest BCUT2D eigenvalue weighted by Crippen LogP contribution is 2.34. The molecule has 10 heteroatoms. The van der Waals surface area contributed by atoms with Gasteiger partial charge in [-0.3, -0.25) is 9.36 Å². The summed E-state index contributed by atoms with van der Waals surface area (Å²) in [7, 11) is 0. The number of aliphatic carboxylic acids is 1. The quantitative estimate of drug-likeness (QED) is 0.546. The second-order valence-electron chi connectivity index (χ2n) is 7.17. The number of benzene rings is 1. The maximum Gasteiger partial charge on any atom is 0.327 e. The first-order valence-electron chi connectivity index (χ1n) is 9.19. The molecule has 0 unspecified atom stereocenters. The average Bonchev–Trinajstić information content (AvgIpc) is 2.94. The zero-order valence-corrected chi connectivity index (χ0v) is 17.7. The lowest BCUT2D eigenvalue weighted by atomic mass is 10.0. The highest BCUT2D eigenvalue weighted by molar-refractivity contribution is 7.73. The molecule has 3 heterocycles. The number of rotatable bonds is 4. The fourth-order valence-electron chi connectivity index (χ4n) is 3.38. The van der Waals surface area contributed by atoms with Crippen molar-refractivity contribution in [3.8, 4) is 17.4 Å². The van der Waals surface area contributed by atoms with Crippen molar-refractivity contribution in [2.45, 2.75) is 19.9 Å². The van der Waals surface area contributed by atoms with E-state index >= 15 is 0 Å². The number of nitrogens with zero attached hydrogens (tertiary/aromatic N) is 2. The number of amides is 1. The summed E-state index contributed by atoms with van der Waals surface area (Å²) in [5, 5.41) is 21.3. The van der Waals surface area contributed by atoms with Crippen molar-refractivity contribution < 1.29 is 29.3 Å². The number of carboxylic acids is 1. The molecule has 1 aromatic carbocycles. The Labute approximate surface area is 180 Å². The number of aromatic nitrogens is 1. The molecule has 4 rings (SSSR count). The van der Waals surface area contributed by atoms with Gasteiger partial charge in [-0.05, 0) is 36.4 Å². The van der Waals surface area contributed by atoms with Crippen molar-refractivity contribution in [3.63, 3.8) is 0 Å². The normalized spacial score (nSPS) is 17.3. The summed E-state index contributed by atoms with van der Waals surface area (Å²) in [5.41, 5.74) is 0.245. The van der Waals surface area contributed by atoms with Crippen molar-refractivity contribution in [1.82, 2.24) is 4.57 Å². The Kier molecular flexibility index (Phi) is 5.20. The zero-order valence-electron chi connectivity index (χ0n) is 16.1. The van der Waals surface area contributed by atoms with Crippen LogP contribution >= 0.6 is 23.6 Å². The van der Waals surface area contributed by atoms with Crippen LogP contribution in [-0.4, -0.2) is 39.9 Å². The van der Waals surface area contributed by atoms with E-state index in [0.29, 0.717) is 40.2 Å². The molecule has 0 spiro atoms. The number of thiazole rings is 1. The Balaban J connectivity index is 1.81. The molecule has 0 saturated carbocycles. The number of fused-ring (bicyclic) bond motifs is 2. The van der Waals surface area contributed by atoms with Gasteiger partial charge in [-0.1, -0.05) is 13.8 Å². The summed E-state index contributed by atoms with van der Waals surface area (Å²) in [6.45, 7) is 4.34. The van der Waals surface area contributed by atoms with Gasteiger partial charge in [0.1, 0.15) is 19.3 Å². The lowest BCUT2D eigenvalue weighted by molar-refractivity contribution is -0.142. The Morgan fingerprint density at radius 1 is 1.30 bits per heavy atom. The van der Waals surface area contributed by atoms with Gasteiger partial charge in [0.15, 0.2) is 15.5 Å². The zero-order chi connectivity index (χ0) is 21.6. The Morgan fingerprint density at radius 2 is 1.97 bits per heavy atom. The molecule has 2 aromatic rings. The van der Waals surface area contributed by atoms with E-state index in [-0.39, 0.29) is 21.3 Å². The smallest absolute Gasteiger partial charge is 0.327 e. The van der Waals surface area contributed by atoms with Crippen LogP contribution in [0.5, 0.6) is 17.4 Å². The molecule has 1 atom stereocenters. The minimum absolute atomic E-state index is 0.209. The minimum atomic E-state index is -1.09. The van der Waals surface area contributed by atoms with Gasteiger partial charge in [0.2, 0.25) is 5.88 Å². The standard InChI is InChI=1S/C20H18N2O6S2/c1-9(2)16(19(25)26)22-18(24)15(30-20(22)29)7-11-5-10-6-13-14(28-4-3-27-13)8-12(10)21-17(11)23/h5-9,16,24H,3-4H2,1-2H3,(H,25,26)/t16-/m1/s1. The number of aromatic hydroxyl groups is 1. The van der Waals surface area contributed by atoms with E-state index in [1.54, 1.807) is 32.1 Å². The summed E-state index contributed by atoms with van der Waals surface area (Å²) >= 11 is 6.32. The van der Waals surface area contributed by atoms with Gasteiger partial charge in [0.25, 0.3) is 5.91 Å². The predicted molar refractivity (Wildman–Crippen MR) is 112 cm³/mol. The molecule has 1 amide bonds. The molecule has 156 valence electrons. The lowest BCUT2D eigenvalue weighted by Crippen LogP contribution is -2.32. The first-order chi connectivity index (χ1) is 14.3. The van der Waals surface area contributed by atoms with Crippen molar-refractivity contribution in [3.05, 3.63) is 37.1 Å². The van der Waals surface area contributed by atoms with Crippen molar-refractivity contribution in [2.75, 3.05) is 13.2 Å². The summed E-state index contributed by atoms with van der Waals surface area (Å²) in [6, 6.07) is 2.40. The molecule has 0 saturated heterocycles. The molecule has 0 radical (unpaired) electrons. The monoisotopic (exact) mass is 446 g/mol. The van der Waals surface area contributed by atoms with Crippen LogP contribution in [0.1, 0.15) is 24.8 Å². The van der Waals surface area contributed by atoms with Gasteiger partial charge in [-0.2, -0.15) is 0 Å². The molecule has 1 aromatic heterocycles. The molecular formula is C20H18N2O6S2. The molecular weight excluding hydrogens is 428 g/mol. The molecule has 2 aliphatic rings. The van der Waals surface area contributed by atoms with Crippen LogP contribution in [0.25, 0.3) is 12.2 Å². The highest BCUT2D eigenvalue weighted by Gasteiger charge is 2.28. The summed E-state index contributed by atoms with van der Waals surface area (Å²) in [6.07, 6.45) is 3.11. The van der Waals surface area contributed by atoms with E-state index in [1.165, 1.54) is 10.6 Å². The minimum Gasteiger partial charge on any atom is -0.493 e. The summed E-state index contributed by atoms with van der Waals surface area (Å²) in [5.74, 6) is -1.04. The van der Waals surface area contributed by atoms with Gasteiger partial charge in [0.05, 0.1) is 10.2 Å². The average molecular weight is 447 g/mol. The first-order valence-corrected chi connectivity index (χ1v) is 10.4. The topological polar surface area (TPSA) is 110 Å². The van der Waals surface area contributed by atoms with Gasteiger partial charge >= 0.3 is 5.97 Å². The number of ether oxygens (including phenoxy) is 2. The van der Waals surface area contributed by atoms with E-state index in [4.69, 9.17) is 21.7 Å². The van der Waals surface area contributed by atoms with E-state index in [0.717, 1.165) is 11.3 Å². The molecule has 8 nitrogen and oxygen atoms in total. The Morgan fingerprint density at radius 3 is 2.60 bits per heavy atom. The van der Waals surface area contributed by atoms with Crippen molar-refractivity contribution in [1.29, 1.82) is 0 Å². The van der Waals surface area contributed by atoms with Crippen LogP contribution in [0.2, 0.25) is 0 Å². The van der Waals surface area contributed by atoms with Crippen LogP contribution < -0.4 is 20.0 Å². The maximum atomic E-state index is 12.5. The second kappa shape index (κ2) is 7.69. The Bertz CT molecular complexity index is 1270. The van der Waals surface area contributed by atoms with Gasteiger partial charge in [0, 0.05) is 16.9 Å². The molecule has 30 heavy (non-hydrogen) atoms. The molecule has 0 bridgehead atoms. The van der Waals surface area contributed by atoms with Crippen LogP contribution in [0, 0.1) is 9.87 Å². The SMILES string of the molecule is CC(C)[C@H](C(=O)O)n1c(O)c(C=C2C=c3cc4c(cc3=NC2=O)OCCO4)sc1=S. The second-order valence-corrected chi connectivity index (χ2v) is 8.84. The van der Waals surface area contributed by atoms with Gasteiger partial charge in [-0.15, -0.1) is 11.3 Å². The van der Waals surface area contributed by atoms with E-state index in [1.807, 2.05) is 0 Å². The van der Waals surface area contributed by atoms with Crippen LogP contribution in [0.4, 0.5) is 0 Å². The van der Waals surface area contributed by atoms with Crippen LogP contribution in [-0.2, 0) is 9.59 Å². The third-order valence-corrected chi connectivity index (χ3v) is 6.10. The first kappa shape index (κ1) is 20.3. The van der Waals surface area contributed by atoms with E-state index in [2.05, 4.69) is 4.99 Å². The van der Waals surface area contributed by atoms with Crippen molar-refractivity contribution >= 4 is 47.6 Å². The summed E-state index contributed by atoms with van der Waals surface area (Å²) < 4.78 is 12.5. The highest BCUT2D eigenvalue weighted by atomic mass is 32.1. The molecule has 0 aliphatic carbocycles. The molecule has 2 N–H and O–H groups in total. The fraction of sp³-hybridized carbons (Fsp3) is 0.300. The number of carbonyl (C=O) groups excluding carboxylic acids is 1. The molecule has 0 fully saturated rings. The van der Waals surface area contributed by atoms with Gasteiger partial charge < -0.3 is 19.7 Å².